The lowest BCUT2D eigenvalue weighted by molar-refractivity contribution is -0.117. The summed E-state index contributed by atoms with van der Waals surface area (Å²) < 4.78 is 1.31. The van der Waals surface area contributed by atoms with Crippen LogP contribution in [0, 0.1) is 0 Å². The molecule has 142 valence electrons. The highest BCUT2D eigenvalue weighted by Crippen LogP contribution is 2.24. The second-order valence-corrected chi connectivity index (χ2v) is 7.83. The Hall–Kier alpha value is -2.00. The lowest BCUT2D eigenvalue weighted by Gasteiger charge is -2.15. The van der Waals surface area contributed by atoms with Gasteiger partial charge in [-0.1, -0.05) is 41.5 Å². The van der Waals surface area contributed by atoms with Crippen LogP contribution in [0.25, 0.3) is 4.96 Å². The number of aromatic nitrogens is 3. The number of carbonyl (C=O) groups is 1. The number of aryl methyl sites for hydroxylation is 1. The Morgan fingerprint density at radius 3 is 2.78 bits per heavy atom. The summed E-state index contributed by atoms with van der Waals surface area (Å²) in [6.45, 7) is 2.47. The van der Waals surface area contributed by atoms with Gasteiger partial charge in [0.05, 0.1) is 22.3 Å². The number of carbonyl (C=O) groups excluding carboxylic acids is 1. The number of nitrogens with one attached hydrogen (secondary N) is 1. The number of fused-ring (bicyclic) bond motifs is 1. The summed E-state index contributed by atoms with van der Waals surface area (Å²) in [5, 5.41) is 8.63. The van der Waals surface area contributed by atoms with Crippen LogP contribution < -0.4 is 10.9 Å². The van der Waals surface area contributed by atoms with E-state index in [9.17, 15) is 9.59 Å². The van der Waals surface area contributed by atoms with Gasteiger partial charge in [0.25, 0.3) is 5.56 Å². The number of likely N-dealkylation sites (N-methyl/N-ethyl adjacent to an activating group) is 1. The molecule has 1 N–H and O–H groups in total. The normalized spacial score (nSPS) is 11.3. The largest absolute Gasteiger partial charge is 0.325 e. The first-order valence-electron chi connectivity index (χ1n) is 8.18. The van der Waals surface area contributed by atoms with E-state index < -0.39 is 0 Å². The minimum atomic E-state index is -0.223. The van der Waals surface area contributed by atoms with Crippen molar-refractivity contribution in [2.45, 2.75) is 19.9 Å². The average molecular weight is 426 g/mol. The predicted octanol–water partition coefficient (Wildman–Crippen LogP) is 3.09. The van der Waals surface area contributed by atoms with Gasteiger partial charge in [-0.3, -0.25) is 14.5 Å². The van der Waals surface area contributed by atoms with Crippen LogP contribution in [0.3, 0.4) is 0 Å². The number of amides is 1. The van der Waals surface area contributed by atoms with Crippen molar-refractivity contribution in [1.82, 2.24) is 19.5 Å². The molecule has 0 radical (unpaired) electrons. The van der Waals surface area contributed by atoms with Gasteiger partial charge in [-0.15, -0.1) is 0 Å². The monoisotopic (exact) mass is 425 g/mol. The molecule has 0 saturated heterocycles. The molecule has 2 heterocycles. The molecule has 0 spiro atoms. The summed E-state index contributed by atoms with van der Waals surface area (Å²) in [6.07, 6.45) is 0.748. The zero-order valence-corrected chi connectivity index (χ0v) is 17.0. The van der Waals surface area contributed by atoms with Crippen LogP contribution in [0.2, 0.25) is 10.0 Å². The van der Waals surface area contributed by atoms with Crippen LogP contribution in [-0.2, 0) is 17.8 Å². The van der Waals surface area contributed by atoms with Gasteiger partial charge in [-0.05, 0) is 31.7 Å². The molecule has 0 fully saturated rings. The Kier molecular flexibility index (Phi) is 6.11. The standard InChI is InChI=1S/C17H17Cl2N5O2S/c1-3-15-22-24-16(26)7-11(21-17(24)27-15)8-23(2)9-14(25)20-10-4-5-12(18)13(19)6-10/h4-7H,3,8-9H2,1-2H3,(H,20,25). The average Bonchev–Trinajstić information content (AvgIpc) is 3.01. The molecule has 0 aliphatic rings. The summed E-state index contributed by atoms with van der Waals surface area (Å²) in [7, 11) is 1.78. The molecular formula is C17H17Cl2N5O2S. The molecule has 0 bridgehead atoms. The van der Waals surface area contributed by atoms with E-state index in [0.29, 0.717) is 32.9 Å². The topological polar surface area (TPSA) is 79.6 Å². The first-order chi connectivity index (χ1) is 12.9. The third-order valence-corrected chi connectivity index (χ3v) is 5.48. The number of halogens is 2. The highest BCUT2D eigenvalue weighted by atomic mass is 35.5. The lowest BCUT2D eigenvalue weighted by atomic mass is 10.3. The van der Waals surface area contributed by atoms with E-state index in [1.165, 1.54) is 21.9 Å². The molecule has 3 rings (SSSR count). The van der Waals surface area contributed by atoms with Gasteiger partial charge in [0.15, 0.2) is 0 Å². The van der Waals surface area contributed by atoms with Crippen molar-refractivity contribution in [3.8, 4) is 0 Å². The molecule has 0 atom stereocenters. The van der Waals surface area contributed by atoms with E-state index in [1.54, 1.807) is 30.1 Å². The summed E-state index contributed by atoms with van der Waals surface area (Å²) >= 11 is 13.2. The smallest absolute Gasteiger partial charge is 0.275 e. The van der Waals surface area contributed by atoms with Crippen LogP contribution in [0.1, 0.15) is 17.6 Å². The molecule has 0 aliphatic heterocycles. The van der Waals surface area contributed by atoms with E-state index in [2.05, 4.69) is 15.4 Å². The molecule has 7 nitrogen and oxygen atoms in total. The van der Waals surface area contributed by atoms with Crippen LogP contribution >= 0.6 is 34.5 Å². The Bertz CT molecular complexity index is 1050. The second-order valence-electron chi connectivity index (χ2n) is 5.98. The van der Waals surface area contributed by atoms with Gasteiger partial charge in [0.1, 0.15) is 5.01 Å². The van der Waals surface area contributed by atoms with Crippen LogP contribution in [0.5, 0.6) is 0 Å². The van der Waals surface area contributed by atoms with Crippen molar-refractivity contribution in [2.24, 2.45) is 0 Å². The van der Waals surface area contributed by atoms with Crippen molar-refractivity contribution in [1.29, 1.82) is 0 Å². The van der Waals surface area contributed by atoms with Crippen molar-refractivity contribution in [3.05, 3.63) is 55.4 Å². The zero-order valence-electron chi connectivity index (χ0n) is 14.7. The SMILES string of the molecule is CCc1nn2c(=O)cc(CN(C)CC(=O)Nc3ccc(Cl)c(Cl)c3)nc2s1. The first-order valence-corrected chi connectivity index (χ1v) is 9.75. The maximum absolute atomic E-state index is 12.2. The first kappa shape index (κ1) is 19.8. The molecule has 1 amide bonds. The van der Waals surface area contributed by atoms with Gasteiger partial charge in [-0.25, -0.2) is 4.98 Å². The molecule has 2 aromatic heterocycles. The number of nitrogens with zero attached hydrogens (tertiary/aromatic N) is 4. The number of hydrogen-bond acceptors (Lipinski definition) is 6. The Labute approximate surface area is 169 Å². The number of rotatable bonds is 6. The maximum Gasteiger partial charge on any atom is 0.275 e. The van der Waals surface area contributed by atoms with E-state index in [4.69, 9.17) is 23.2 Å². The molecule has 27 heavy (non-hydrogen) atoms. The quantitative estimate of drug-likeness (QED) is 0.656. The van der Waals surface area contributed by atoms with Crippen molar-refractivity contribution in [2.75, 3.05) is 18.9 Å². The van der Waals surface area contributed by atoms with Crippen LogP contribution in [-0.4, -0.2) is 39.0 Å². The molecule has 0 unspecified atom stereocenters. The Morgan fingerprint density at radius 2 is 2.07 bits per heavy atom. The van der Waals surface area contributed by atoms with Crippen molar-refractivity contribution < 1.29 is 4.79 Å². The third kappa shape index (κ3) is 4.84. The van der Waals surface area contributed by atoms with Gasteiger partial charge < -0.3 is 5.32 Å². The molecule has 0 saturated carbocycles. The fraction of sp³-hybridized carbons (Fsp3) is 0.294. The Morgan fingerprint density at radius 1 is 1.30 bits per heavy atom. The van der Waals surface area contributed by atoms with Gasteiger partial charge in [-0.2, -0.15) is 9.61 Å². The van der Waals surface area contributed by atoms with Crippen molar-refractivity contribution in [3.63, 3.8) is 0 Å². The molecule has 3 aromatic rings. The molecular weight excluding hydrogens is 409 g/mol. The predicted molar refractivity (Wildman–Crippen MR) is 108 cm³/mol. The Balaban J connectivity index is 1.65. The maximum atomic E-state index is 12.2. The van der Waals surface area contributed by atoms with Crippen LogP contribution in [0.4, 0.5) is 5.69 Å². The van der Waals surface area contributed by atoms with Crippen molar-refractivity contribution >= 4 is 51.1 Å². The van der Waals surface area contributed by atoms with E-state index in [0.717, 1.165) is 11.4 Å². The summed E-state index contributed by atoms with van der Waals surface area (Å²) in [4.78, 5) is 31.2. The molecule has 1 aromatic carbocycles. The van der Waals surface area contributed by atoms with E-state index in [1.807, 2.05) is 6.92 Å². The fourth-order valence-electron chi connectivity index (χ4n) is 2.47. The lowest BCUT2D eigenvalue weighted by Crippen LogP contribution is -2.30. The van der Waals surface area contributed by atoms with E-state index in [-0.39, 0.29) is 18.0 Å². The minimum absolute atomic E-state index is 0.129. The number of benzene rings is 1. The van der Waals surface area contributed by atoms with Gasteiger partial charge in [0, 0.05) is 18.3 Å². The minimum Gasteiger partial charge on any atom is -0.325 e. The number of anilines is 1. The summed E-state index contributed by atoms with van der Waals surface area (Å²) in [5.74, 6) is -0.209. The molecule has 0 aliphatic carbocycles. The molecule has 10 heteroatoms. The van der Waals surface area contributed by atoms with Crippen LogP contribution in [0.15, 0.2) is 29.1 Å². The summed E-state index contributed by atoms with van der Waals surface area (Å²) in [6, 6.07) is 6.33. The number of hydrogen-bond donors (Lipinski definition) is 1. The third-order valence-electron chi connectivity index (χ3n) is 3.69. The fourth-order valence-corrected chi connectivity index (χ4v) is 3.63. The van der Waals surface area contributed by atoms with E-state index >= 15 is 0 Å². The summed E-state index contributed by atoms with van der Waals surface area (Å²) in [5.41, 5.74) is 0.938. The highest BCUT2D eigenvalue weighted by Gasteiger charge is 2.12. The zero-order chi connectivity index (χ0) is 19.6. The second kappa shape index (κ2) is 8.35. The van der Waals surface area contributed by atoms with Gasteiger partial charge >= 0.3 is 0 Å². The highest BCUT2D eigenvalue weighted by molar-refractivity contribution is 7.16. The van der Waals surface area contributed by atoms with Gasteiger partial charge in [0.2, 0.25) is 10.9 Å².